The highest BCUT2D eigenvalue weighted by Gasteiger charge is 2.22. The highest BCUT2D eigenvalue weighted by molar-refractivity contribution is 6.21. The molecular formula is C32H37N7O. The number of nitrogens with two attached hydrogens (primary N) is 2. The van der Waals surface area contributed by atoms with Gasteiger partial charge in [0, 0.05) is 35.9 Å². The highest BCUT2D eigenvalue weighted by atomic mass is 16.1. The number of hydrogen-bond acceptors (Lipinski definition) is 5. The van der Waals surface area contributed by atoms with Gasteiger partial charge >= 0.3 is 0 Å². The summed E-state index contributed by atoms with van der Waals surface area (Å²) in [6.07, 6.45) is 5.13. The van der Waals surface area contributed by atoms with Gasteiger partial charge in [-0.15, -0.1) is 0 Å². The van der Waals surface area contributed by atoms with Crippen LogP contribution in [0.1, 0.15) is 55.4 Å². The van der Waals surface area contributed by atoms with Crippen molar-refractivity contribution in [3.63, 3.8) is 0 Å². The molecule has 2 aromatic carbocycles. The van der Waals surface area contributed by atoms with Crippen molar-refractivity contribution in [3.05, 3.63) is 96.3 Å². The van der Waals surface area contributed by atoms with Gasteiger partial charge in [-0.25, -0.2) is 9.97 Å². The van der Waals surface area contributed by atoms with Crippen LogP contribution in [0.3, 0.4) is 0 Å². The van der Waals surface area contributed by atoms with Gasteiger partial charge in [-0.3, -0.25) is 14.4 Å². The third kappa shape index (κ3) is 5.72. The number of nitrogens with zero attached hydrogens (tertiary/aromatic N) is 4. The van der Waals surface area contributed by atoms with Crippen molar-refractivity contribution in [2.45, 2.75) is 39.2 Å². The first kappa shape index (κ1) is 28.4. The molecule has 2 heterocycles. The SMILES string of the molecule is C=C/C=C(\C(N)=NC)c1nc2ccc(-c3cccc(C(=O)NCCC)c3)nc2n1-c1ccc(C(C)(N)CC)cc1. The third-order valence-electron chi connectivity index (χ3n) is 7.02. The zero-order chi connectivity index (χ0) is 28.9. The van der Waals surface area contributed by atoms with E-state index in [-0.39, 0.29) is 5.91 Å². The van der Waals surface area contributed by atoms with Crippen LogP contribution in [-0.4, -0.2) is 39.9 Å². The number of carbonyl (C=O) groups excluding carboxylic acids is 1. The molecule has 0 aliphatic carbocycles. The van der Waals surface area contributed by atoms with Crippen LogP contribution in [0.25, 0.3) is 33.7 Å². The average molecular weight is 536 g/mol. The lowest BCUT2D eigenvalue weighted by Crippen LogP contribution is -2.31. The summed E-state index contributed by atoms with van der Waals surface area (Å²) < 4.78 is 1.97. The highest BCUT2D eigenvalue weighted by Crippen LogP contribution is 2.30. The number of aromatic nitrogens is 3. The lowest BCUT2D eigenvalue weighted by molar-refractivity contribution is 0.0953. The van der Waals surface area contributed by atoms with Crippen molar-refractivity contribution in [2.24, 2.45) is 16.5 Å². The molecule has 0 spiro atoms. The molecule has 206 valence electrons. The summed E-state index contributed by atoms with van der Waals surface area (Å²) in [5, 5.41) is 2.93. The molecule has 0 fully saturated rings. The van der Waals surface area contributed by atoms with E-state index < -0.39 is 5.54 Å². The molecule has 1 atom stereocenters. The molecule has 4 aromatic rings. The molecule has 0 bridgehead atoms. The van der Waals surface area contributed by atoms with E-state index in [1.54, 1.807) is 25.3 Å². The van der Waals surface area contributed by atoms with E-state index in [0.717, 1.165) is 29.7 Å². The normalized spacial score (nSPS) is 13.7. The first-order valence-electron chi connectivity index (χ1n) is 13.5. The maximum Gasteiger partial charge on any atom is 0.251 e. The summed E-state index contributed by atoms with van der Waals surface area (Å²) in [4.78, 5) is 26.8. The number of rotatable bonds is 10. The summed E-state index contributed by atoms with van der Waals surface area (Å²) in [5.41, 5.74) is 18.4. The van der Waals surface area contributed by atoms with Crippen molar-refractivity contribution >= 4 is 28.5 Å². The van der Waals surface area contributed by atoms with Gasteiger partial charge in [-0.05, 0) is 67.8 Å². The number of carbonyl (C=O) groups is 1. The maximum atomic E-state index is 12.6. The first-order chi connectivity index (χ1) is 19.2. The molecule has 0 saturated heterocycles. The quantitative estimate of drug-likeness (QED) is 0.143. The molecule has 1 amide bonds. The topological polar surface area (TPSA) is 124 Å². The van der Waals surface area contributed by atoms with E-state index >= 15 is 0 Å². The number of aliphatic imine (C=N–C) groups is 1. The van der Waals surface area contributed by atoms with Crippen LogP contribution in [-0.2, 0) is 5.54 Å². The van der Waals surface area contributed by atoms with Crippen molar-refractivity contribution in [3.8, 4) is 16.9 Å². The van der Waals surface area contributed by atoms with Gasteiger partial charge in [0.1, 0.15) is 11.4 Å². The number of imidazole rings is 1. The monoisotopic (exact) mass is 535 g/mol. The van der Waals surface area contributed by atoms with Gasteiger partial charge in [-0.1, -0.05) is 50.8 Å². The number of nitrogens with one attached hydrogen (secondary N) is 1. The van der Waals surface area contributed by atoms with Crippen molar-refractivity contribution in [1.29, 1.82) is 0 Å². The Morgan fingerprint density at radius 3 is 2.52 bits per heavy atom. The second kappa shape index (κ2) is 12.1. The fourth-order valence-corrected chi connectivity index (χ4v) is 4.41. The molecule has 8 nitrogen and oxygen atoms in total. The molecule has 1 unspecified atom stereocenters. The molecule has 0 radical (unpaired) electrons. The third-order valence-corrected chi connectivity index (χ3v) is 7.02. The molecule has 8 heteroatoms. The van der Waals surface area contributed by atoms with Crippen LogP contribution in [0.4, 0.5) is 0 Å². The summed E-state index contributed by atoms with van der Waals surface area (Å²) in [6, 6.07) is 19.4. The molecular weight excluding hydrogens is 498 g/mol. The number of pyridine rings is 1. The predicted molar refractivity (Wildman–Crippen MR) is 164 cm³/mol. The summed E-state index contributed by atoms with van der Waals surface area (Å²) >= 11 is 0. The lowest BCUT2D eigenvalue weighted by Gasteiger charge is -2.23. The molecule has 0 aliphatic heterocycles. The number of hydrogen-bond donors (Lipinski definition) is 3. The maximum absolute atomic E-state index is 12.6. The van der Waals surface area contributed by atoms with E-state index in [1.165, 1.54) is 0 Å². The van der Waals surface area contributed by atoms with Crippen molar-refractivity contribution < 1.29 is 4.79 Å². The van der Waals surface area contributed by atoms with E-state index in [1.807, 2.05) is 73.0 Å². The Labute approximate surface area is 235 Å². The first-order valence-corrected chi connectivity index (χ1v) is 13.5. The summed E-state index contributed by atoms with van der Waals surface area (Å²) in [7, 11) is 1.64. The fourth-order valence-electron chi connectivity index (χ4n) is 4.41. The summed E-state index contributed by atoms with van der Waals surface area (Å²) in [5.74, 6) is 0.818. The minimum atomic E-state index is -0.439. The Kier molecular flexibility index (Phi) is 8.60. The minimum absolute atomic E-state index is 0.107. The molecule has 4 rings (SSSR count). The van der Waals surface area contributed by atoms with Gasteiger partial charge in [0.25, 0.3) is 5.91 Å². The molecule has 5 N–H and O–H groups in total. The zero-order valence-electron chi connectivity index (χ0n) is 23.6. The van der Waals surface area contributed by atoms with Crippen LogP contribution in [0.5, 0.6) is 0 Å². The number of fused-ring (bicyclic) bond motifs is 1. The Morgan fingerprint density at radius 2 is 1.88 bits per heavy atom. The van der Waals surface area contributed by atoms with Crippen LogP contribution in [0.2, 0.25) is 0 Å². The number of allylic oxidation sites excluding steroid dienone is 2. The summed E-state index contributed by atoms with van der Waals surface area (Å²) in [6.45, 7) is 10.6. The number of amides is 1. The lowest BCUT2D eigenvalue weighted by atomic mass is 9.90. The van der Waals surface area contributed by atoms with Gasteiger partial charge in [-0.2, -0.15) is 0 Å². The number of benzene rings is 2. The second-order valence-corrected chi connectivity index (χ2v) is 9.89. The Morgan fingerprint density at radius 1 is 1.12 bits per heavy atom. The van der Waals surface area contributed by atoms with Crippen LogP contribution in [0, 0.1) is 0 Å². The van der Waals surface area contributed by atoms with Crippen LogP contribution in [0.15, 0.2) is 84.4 Å². The largest absolute Gasteiger partial charge is 0.383 e. The van der Waals surface area contributed by atoms with E-state index in [4.69, 9.17) is 21.4 Å². The number of amidine groups is 1. The average Bonchev–Trinajstić information content (AvgIpc) is 3.36. The van der Waals surface area contributed by atoms with Gasteiger partial charge < -0.3 is 16.8 Å². The molecule has 40 heavy (non-hydrogen) atoms. The second-order valence-electron chi connectivity index (χ2n) is 9.89. The van der Waals surface area contributed by atoms with Crippen LogP contribution < -0.4 is 16.8 Å². The van der Waals surface area contributed by atoms with E-state index in [9.17, 15) is 4.79 Å². The van der Waals surface area contributed by atoms with Crippen LogP contribution >= 0.6 is 0 Å². The predicted octanol–water partition coefficient (Wildman–Crippen LogP) is 5.37. The van der Waals surface area contributed by atoms with E-state index in [0.29, 0.717) is 46.2 Å². The molecule has 0 saturated carbocycles. The standard InChI is InChI=1S/C32H37N7O/c1-6-10-25(28(33)35-5)29-38-27-18-17-26(21-11-9-12-22(20-21)31(40)36-19-7-2)37-30(27)39(29)24-15-13-23(14-16-24)32(4,34)8-3/h6,9-18,20H,1,7-8,19,34H2,2-5H3,(H2,33,35)(H,36,40)/b25-10+. The zero-order valence-corrected chi connectivity index (χ0v) is 23.6. The minimum Gasteiger partial charge on any atom is -0.383 e. The molecule has 2 aromatic heterocycles. The Hall–Kier alpha value is -4.56. The van der Waals surface area contributed by atoms with Gasteiger partial charge in [0.15, 0.2) is 11.5 Å². The van der Waals surface area contributed by atoms with E-state index in [2.05, 4.69) is 23.8 Å². The molecule has 0 aliphatic rings. The van der Waals surface area contributed by atoms with Crippen molar-refractivity contribution in [2.75, 3.05) is 13.6 Å². The smallest absolute Gasteiger partial charge is 0.251 e. The fraction of sp³-hybridized carbons (Fsp3) is 0.250. The Balaban J connectivity index is 1.92. The van der Waals surface area contributed by atoms with Crippen molar-refractivity contribution in [1.82, 2.24) is 19.9 Å². The Bertz CT molecular complexity index is 1590. The van der Waals surface area contributed by atoms with Gasteiger partial charge in [0.05, 0.1) is 11.3 Å². The van der Waals surface area contributed by atoms with Gasteiger partial charge in [0.2, 0.25) is 0 Å².